The summed E-state index contributed by atoms with van der Waals surface area (Å²) in [6, 6.07) is 1.99. The van der Waals surface area contributed by atoms with Crippen LogP contribution < -0.4 is 16.2 Å². The van der Waals surface area contributed by atoms with Gasteiger partial charge in [0, 0.05) is 44.0 Å². The fourth-order valence-corrected chi connectivity index (χ4v) is 4.00. The second-order valence-electron chi connectivity index (χ2n) is 8.78. The molecular weight excluding hydrogens is 370 g/mol. The minimum atomic E-state index is -0.699. The molecule has 1 unspecified atom stereocenters. The molecule has 1 fully saturated rings. The minimum absolute atomic E-state index is 0.00295. The first-order chi connectivity index (χ1) is 13.6. The number of rotatable bonds is 4. The number of pyridine rings is 1. The number of nitrogen functional groups attached to an aromatic ring is 1. The monoisotopic (exact) mass is 399 g/mol. The number of nitrogens with two attached hydrogens (primary N) is 1. The zero-order chi connectivity index (χ0) is 21.1. The third-order valence-electron chi connectivity index (χ3n) is 6.09. The van der Waals surface area contributed by atoms with Gasteiger partial charge in [0.05, 0.1) is 16.8 Å². The van der Waals surface area contributed by atoms with Crippen LogP contribution in [0.2, 0.25) is 0 Å². The summed E-state index contributed by atoms with van der Waals surface area (Å²) in [6.07, 6.45) is 2.56. The number of nitrogens with one attached hydrogen (secondary N) is 1. The number of hydrogen-bond donors (Lipinski definition) is 3. The second-order valence-corrected chi connectivity index (χ2v) is 8.78. The Bertz CT molecular complexity index is 1120. The Morgan fingerprint density at radius 1 is 1.34 bits per heavy atom. The van der Waals surface area contributed by atoms with Crippen molar-refractivity contribution in [3.63, 3.8) is 0 Å². The maximum absolute atomic E-state index is 13.1. The normalized spacial score (nSPS) is 20.9. The van der Waals surface area contributed by atoms with E-state index >= 15 is 0 Å². The third-order valence-corrected chi connectivity index (χ3v) is 6.09. The molecule has 4 rings (SSSR count). The van der Waals surface area contributed by atoms with E-state index in [0.29, 0.717) is 23.9 Å². The fourth-order valence-electron chi connectivity index (χ4n) is 4.00. The molecule has 0 aliphatic carbocycles. The molecular formula is C20H29N7O2. The lowest BCUT2D eigenvalue weighted by molar-refractivity contribution is 0.0838. The maximum atomic E-state index is 13.1. The molecule has 0 radical (unpaired) electrons. The Morgan fingerprint density at radius 3 is 2.69 bits per heavy atom. The van der Waals surface area contributed by atoms with E-state index in [0.717, 1.165) is 23.6 Å². The average Bonchev–Trinajstić information content (AvgIpc) is 3.32. The summed E-state index contributed by atoms with van der Waals surface area (Å²) in [7, 11) is 1.89. The van der Waals surface area contributed by atoms with Crippen LogP contribution in [-0.4, -0.2) is 48.3 Å². The van der Waals surface area contributed by atoms with Gasteiger partial charge in [0.2, 0.25) is 0 Å². The first kappa shape index (κ1) is 19.5. The predicted molar refractivity (Wildman–Crippen MR) is 114 cm³/mol. The van der Waals surface area contributed by atoms with E-state index in [1.54, 1.807) is 4.57 Å². The van der Waals surface area contributed by atoms with Crippen molar-refractivity contribution in [2.24, 2.45) is 13.0 Å². The van der Waals surface area contributed by atoms with Gasteiger partial charge in [0.15, 0.2) is 5.82 Å². The van der Waals surface area contributed by atoms with Crippen LogP contribution in [0.4, 0.5) is 11.6 Å². The lowest BCUT2D eigenvalue weighted by Gasteiger charge is -2.20. The van der Waals surface area contributed by atoms with E-state index in [2.05, 4.69) is 28.9 Å². The van der Waals surface area contributed by atoms with Gasteiger partial charge in [0.1, 0.15) is 11.2 Å². The van der Waals surface area contributed by atoms with E-state index < -0.39 is 5.60 Å². The Labute approximate surface area is 169 Å². The van der Waals surface area contributed by atoms with Gasteiger partial charge in [0.25, 0.3) is 5.56 Å². The molecule has 156 valence electrons. The molecule has 29 heavy (non-hydrogen) atoms. The molecule has 0 amide bonds. The van der Waals surface area contributed by atoms with Crippen molar-refractivity contribution in [2.45, 2.75) is 45.8 Å². The van der Waals surface area contributed by atoms with Crippen molar-refractivity contribution in [3.05, 3.63) is 22.6 Å². The highest BCUT2D eigenvalue weighted by Crippen LogP contribution is 2.33. The van der Waals surface area contributed by atoms with Gasteiger partial charge in [-0.05, 0) is 26.2 Å². The number of hydrogen-bond acceptors (Lipinski definition) is 6. The molecule has 2 atom stereocenters. The van der Waals surface area contributed by atoms with Crippen LogP contribution in [0.1, 0.15) is 40.2 Å². The minimum Gasteiger partial charge on any atom is -0.388 e. The molecule has 1 aliphatic rings. The molecule has 4 N–H and O–H groups in total. The number of aliphatic hydroxyl groups is 1. The third kappa shape index (κ3) is 3.19. The SMILES string of the molecule is CC(C)[C@H](C)n1cc(-c2cc(N3CCC(C)(O)C3)n(C)n2)c2[nH]nc(N)c2c1=O. The van der Waals surface area contributed by atoms with Gasteiger partial charge in [-0.1, -0.05) is 13.8 Å². The highest BCUT2D eigenvalue weighted by molar-refractivity contribution is 5.97. The van der Waals surface area contributed by atoms with Crippen molar-refractivity contribution in [3.8, 4) is 11.3 Å². The number of nitrogens with zero attached hydrogens (tertiary/aromatic N) is 5. The molecule has 4 heterocycles. The van der Waals surface area contributed by atoms with Crippen molar-refractivity contribution in [1.29, 1.82) is 0 Å². The molecule has 0 bridgehead atoms. The number of aryl methyl sites for hydroxylation is 1. The summed E-state index contributed by atoms with van der Waals surface area (Å²) in [5, 5.41) is 22.4. The molecule has 1 saturated heterocycles. The van der Waals surface area contributed by atoms with Gasteiger partial charge in [-0.2, -0.15) is 10.2 Å². The number of fused-ring (bicyclic) bond motifs is 1. The standard InChI is InChI=1S/C20H29N7O2/c1-11(2)12(3)27-9-13(17-16(19(27)28)18(21)23-22-17)14-8-15(25(5)24-14)26-7-6-20(4,29)10-26/h8-9,11-12,29H,6-7,10H2,1-5H3,(H3,21,22,23)/t12-,20?/m0/s1. The summed E-state index contributed by atoms with van der Waals surface area (Å²) in [4.78, 5) is 15.2. The number of H-pyrrole nitrogens is 1. The highest BCUT2D eigenvalue weighted by atomic mass is 16.3. The van der Waals surface area contributed by atoms with Gasteiger partial charge in [-0.15, -0.1) is 0 Å². The summed E-state index contributed by atoms with van der Waals surface area (Å²) >= 11 is 0. The zero-order valence-corrected chi connectivity index (χ0v) is 17.6. The van der Waals surface area contributed by atoms with E-state index in [4.69, 9.17) is 10.8 Å². The summed E-state index contributed by atoms with van der Waals surface area (Å²) in [5.74, 6) is 1.40. The average molecular weight is 399 g/mol. The Morgan fingerprint density at radius 2 is 2.07 bits per heavy atom. The van der Waals surface area contributed by atoms with E-state index in [-0.39, 0.29) is 23.3 Å². The zero-order valence-electron chi connectivity index (χ0n) is 17.6. The first-order valence-corrected chi connectivity index (χ1v) is 9.99. The van der Waals surface area contributed by atoms with Gasteiger partial charge in [-0.3, -0.25) is 14.6 Å². The number of anilines is 2. The van der Waals surface area contributed by atoms with Crippen molar-refractivity contribution < 1.29 is 5.11 Å². The molecule has 0 saturated carbocycles. The summed E-state index contributed by atoms with van der Waals surface area (Å²) < 4.78 is 3.53. The van der Waals surface area contributed by atoms with Crippen LogP contribution in [0, 0.1) is 5.92 Å². The van der Waals surface area contributed by atoms with Gasteiger partial charge in [-0.25, -0.2) is 0 Å². The number of aromatic nitrogens is 5. The molecule has 0 aromatic carbocycles. The molecule has 3 aromatic heterocycles. The second kappa shape index (κ2) is 6.62. The van der Waals surface area contributed by atoms with E-state index in [9.17, 15) is 9.90 Å². The van der Waals surface area contributed by atoms with Gasteiger partial charge >= 0.3 is 0 Å². The smallest absolute Gasteiger partial charge is 0.264 e. The largest absolute Gasteiger partial charge is 0.388 e. The van der Waals surface area contributed by atoms with Crippen molar-refractivity contribution >= 4 is 22.5 Å². The first-order valence-electron chi connectivity index (χ1n) is 9.99. The van der Waals surface area contributed by atoms with E-state index in [1.807, 2.05) is 37.8 Å². The van der Waals surface area contributed by atoms with Crippen LogP contribution in [0.15, 0.2) is 17.1 Å². The molecule has 9 heteroatoms. The van der Waals surface area contributed by atoms with Crippen LogP contribution in [-0.2, 0) is 7.05 Å². The van der Waals surface area contributed by atoms with Crippen LogP contribution in [0.5, 0.6) is 0 Å². The Kier molecular flexibility index (Phi) is 4.45. The number of β-amino-alcohol motifs (C(OH)–C–C–N with tert-alkyl or cyclic N) is 1. The Hall–Kier alpha value is -2.81. The Balaban J connectivity index is 1.88. The quantitative estimate of drug-likeness (QED) is 0.617. The maximum Gasteiger partial charge on any atom is 0.264 e. The lowest BCUT2D eigenvalue weighted by atomic mass is 10.0. The molecule has 3 aromatic rings. The van der Waals surface area contributed by atoms with Crippen molar-refractivity contribution in [1.82, 2.24) is 24.5 Å². The van der Waals surface area contributed by atoms with Gasteiger partial charge < -0.3 is 20.3 Å². The van der Waals surface area contributed by atoms with E-state index in [1.165, 1.54) is 0 Å². The van der Waals surface area contributed by atoms with Crippen LogP contribution >= 0.6 is 0 Å². The summed E-state index contributed by atoms with van der Waals surface area (Å²) in [6.45, 7) is 9.36. The molecule has 1 aliphatic heterocycles. The fraction of sp³-hybridized carbons (Fsp3) is 0.550. The van der Waals surface area contributed by atoms with Crippen molar-refractivity contribution in [2.75, 3.05) is 23.7 Å². The topological polar surface area (TPSA) is 118 Å². The lowest BCUT2D eigenvalue weighted by Crippen LogP contribution is -2.30. The summed E-state index contributed by atoms with van der Waals surface area (Å²) in [5.41, 5.74) is 7.27. The molecule has 0 spiro atoms. The number of aromatic amines is 1. The predicted octanol–water partition coefficient (Wildman–Crippen LogP) is 1.89. The highest BCUT2D eigenvalue weighted by Gasteiger charge is 2.33. The van der Waals surface area contributed by atoms with Crippen LogP contribution in [0.25, 0.3) is 22.2 Å². The van der Waals surface area contributed by atoms with Crippen LogP contribution in [0.3, 0.4) is 0 Å². The molecule has 9 nitrogen and oxygen atoms in total.